The zero-order valence-electron chi connectivity index (χ0n) is 46.0. The second-order valence-electron chi connectivity index (χ2n) is 20.4. The Morgan fingerprint density at radius 2 is 1.38 bits per heavy atom. The Hall–Kier alpha value is -3.40. The van der Waals surface area contributed by atoms with Crippen LogP contribution in [-0.4, -0.2) is 119 Å². The summed E-state index contributed by atoms with van der Waals surface area (Å²) in [6, 6.07) is 1.26. The molecule has 9 N–H and O–H groups in total. The number of allylic oxidation sites excluding steroid dienone is 6. The molecule has 0 saturated carbocycles. The van der Waals surface area contributed by atoms with Gasteiger partial charge in [0.05, 0.1) is 37.6 Å². The second kappa shape index (κ2) is 39.1. The van der Waals surface area contributed by atoms with E-state index in [1.807, 2.05) is 6.92 Å². The van der Waals surface area contributed by atoms with Crippen LogP contribution in [0.4, 0.5) is 5.82 Å². The number of cyclic esters (lactones) is 1. The van der Waals surface area contributed by atoms with Gasteiger partial charge in [0.15, 0.2) is 6.10 Å². The van der Waals surface area contributed by atoms with Gasteiger partial charge in [0.25, 0.3) is 0 Å². The number of aliphatic hydroxyl groups excluding tert-OH is 5. The van der Waals surface area contributed by atoms with Gasteiger partial charge >= 0.3 is 33.3 Å². The number of ether oxygens (including phenoxy) is 3. The van der Waals surface area contributed by atoms with E-state index in [9.17, 15) is 58.8 Å². The number of hydrogen-bond donors (Lipinski definition) is 8. The highest BCUT2D eigenvalue weighted by Gasteiger charge is 2.45. The summed E-state index contributed by atoms with van der Waals surface area (Å²) < 4.78 is 59.4. The molecule has 0 radical (unpaired) electrons. The van der Waals surface area contributed by atoms with E-state index >= 15 is 0 Å². The van der Waals surface area contributed by atoms with Crippen molar-refractivity contribution in [2.24, 2.45) is 11.8 Å². The predicted molar refractivity (Wildman–Crippen MR) is 295 cm³/mol. The van der Waals surface area contributed by atoms with Crippen LogP contribution in [0.5, 0.6) is 0 Å². The number of anilines is 1. The molecular weight excluding hydrogens is 1050 g/mol. The number of phosphoric acid groups is 2. The number of nitrogens with two attached hydrogens (primary N) is 1. The molecule has 0 aromatic carbocycles. The van der Waals surface area contributed by atoms with Crippen LogP contribution >= 0.6 is 15.6 Å². The van der Waals surface area contributed by atoms with Crippen molar-refractivity contribution in [2.45, 2.75) is 230 Å². The summed E-state index contributed by atoms with van der Waals surface area (Å²) in [5.74, 6) is -4.02. The van der Waals surface area contributed by atoms with Crippen LogP contribution in [-0.2, 0) is 46.3 Å². The van der Waals surface area contributed by atoms with Gasteiger partial charge in [0, 0.05) is 37.3 Å². The maximum atomic E-state index is 13.4. The molecule has 23 heteroatoms. The summed E-state index contributed by atoms with van der Waals surface area (Å²) in [7, 11) is -11.3. The van der Waals surface area contributed by atoms with Crippen molar-refractivity contribution in [3.8, 4) is 0 Å². The number of fused-ring (bicyclic) bond motifs is 3. The molecule has 12 atom stereocenters. The van der Waals surface area contributed by atoms with Gasteiger partial charge in [-0.25, -0.2) is 13.9 Å². The molecule has 1 aromatic rings. The molecule has 78 heavy (non-hydrogen) atoms. The van der Waals surface area contributed by atoms with E-state index in [4.69, 9.17) is 29.0 Å². The molecule has 2 aliphatic rings. The van der Waals surface area contributed by atoms with Gasteiger partial charge in [0.2, 0.25) is 0 Å². The third-order valence-corrected chi connectivity index (χ3v) is 16.3. The Labute approximate surface area is 461 Å². The van der Waals surface area contributed by atoms with Crippen LogP contribution in [0.1, 0.15) is 187 Å². The maximum Gasteiger partial charge on any atom is 0.481 e. The summed E-state index contributed by atoms with van der Waals surface area (Å²) in [4.78, 5) is 64.5. The van der Waals surface area contributed by atoms with Crippen LogP contribution in [0.15, 0.2) is 65.7 Å². The molecule has 3 rings (SSSR count). The fraction of sp³-hybridized carbons (Fsp3) is 0.745. The van der Waals surface area contributed by atoms with E-state index < -0.39 is 120 Å². The number of nitrogen functional groups attached to an aromatic ring is 1. The first-order valence-corrected chi connectivity index (χ1v) is 31.4. The van der Waals surface area contributed by atoms with Crippen molar-refractivity contribution in [3.63, 3.8) is 0 Å². The van der Waals surface area contributed by atoms with Crippen LogP contribution in [0.2, 0.25) is 0 Å². The van der Waals surface area contributed by atoms with E-state index in [0.717, 1.165) is 75.2 Å². The van der Waals surface area contributed by atoms with Crippen LogP contribution in [0, 0.1) is 11.8 Å². The highest BCUT2D eigenvalue weighted by atomic mass is 31.3. The van der Waals surface area contributed by atoms with Gasteiger partial charge < -0.3 is 55.3 Å². The number of carbonyl (C=O) groups excluding carboxylic acids is 2. The molecule has 1 aromatic heterocycles. The topological polar surface area (TPSA) is 326 Å². The monoisotopic (exact) mass is 1150 g/mol. The highest BCUT2D eigenvalue weighted by molar-refractivity contribution is 7.61. The van der Waals surface area contributed by atoms with E-state index in [1.165, 1.54) is 50.1 Å². The van der Waals surface area contributed by atoms with E-state index in [0.29, 0.717) is 44.9 Å². The average Bonchev–Trinajstić information content (AvgIpc) is 3.41. The van der Waals surface area contributed by atoms with E-state index in [2.05, 4.69) is 52.7 Å². The smallest absolute Gasteiger partial charge is 0.462 e. The molecule has 0 amide bonds. The minimum atomic E-state index is -5.71. The van der Waals surface area contributed by atoms with Gasteiger partial charge in [-0.2, -0.15) is 9.29 Å². The first-order valence-electron chi connectivity index (χ1n) is 28.4. The molecule has 2 unspecified atom stereocenters. The third-order valence-electron chi connectivity index (χ3n) is 13.7. The van der Waals surface area contributed by atoms with Gasteiger partial charge in [-0.05, 0) is 70.3 Å². The number of carbonyl (C=O) groups is 2. The number of aliphatic hydroxyl groups is 5. The molecule has 2 fully saturated rings. The van der Waals surface area contributed by atoms with Gasteiger partial charge in [-0.3, -0.25) is 23.2 Å². The quantitative estimate of drug-likeness (QED) is 0.0186. The molecule has 21 nitrogen and oxygen atoms in total. The largest absolute Gasteiger partial charge is 0.481 e. The normalized spacial score (nSPS) is 29.4. The summed E-state index contributed by atoms with van der Waals surface area (Å²) in [6.07, 6.45) is 22.3. The summed E-state index contributed by atoms with van der Waals surface area (Å²) in [5.41, 5.74) is 4.82. The molecule has 3 heterocycles. The fourth-order valence-electron chi connectivity index (χ4n) is 9.22. The van der Waals surface area contributed by atoms with Crippen molar-refractivity contribution >= 4 is 33.4 Å². The van der Waals surface area contributed by atoms with Crippen molar-refractivity contribution in [1.82, 2.24) is 9.55 Å². The molecule has 0 spiro atoms. The third kappa shape index (κ3) is 28.8. The SMILES string of the molecule is CCCCCC/C=C\C/C=C\C/C=C\CCCCCCCCC(=O)O[C@@H]1COC(=O)CCCCCC[C@@H]2[C@H](n3ccc(N)nc3=O)O[C@H](COP(=O)(O)OP(=O)(O)OC1)[C@@H](O)[C@@H](O)[C@@H](/C=C/[C@@H](O)CCCCC)[C@H](O)C[C@@H]2O. The Bertz CT molecular complexity index is 2120. The second-order valence-corrected chi connectivity index (χ2v) is 23.4. The molecule has 446 valence electrons. The van der Waals surface area contributed by atoms with E-state index in [1.54, 1.807) is 0 Å². The number of phosphoric ester groups is 2. The van der Waals surface area contributed by atoms with E-state index in [-0.39, 0.29) is 25.1 Å². The minimum absolute atomic E-state index is 0.00851. The molecule has 0 aliphatic carbocycles. The van der Waals surface area contributed by atoms with Gasteiger partial charge in [-0.15, -0.1) is 0 Å². The molecule has 2 saturated heterocycles. The zero-order chi connectivity index (χ0) is 57.2. The first kappa shape index (κ1) is 68.9. The number of unbranched alkanes of at least 4 members (excludes halogenated alkanes) is 12. The van der Waals surface area contributed by atoms with Crippen LogP contribution in [0.3, 0.4) is 0 Å². The Kier molecular flexibility index (Phi) is 34.5. The Morgan fingerprint density at radius 1 is 0.782 bits per heavy atom. The number of esters is 2. The summed E-state index contributed by atoms with van der Waals surface area (Å²) >= 11 is 0. The van der Waals surface area contributed by atoms with Crippen molar-refractivity contribution in [2.75, 3.05) is 25.6 Å². The first-order chi connectivity index (χ1) is 37.4. The lowest BCUT2D eigenvalue weighted by atomic mass is 9.82. The lowest BCUT2D eigenvalue weighted by molar-refractivity contribution is -0.195. The number of nitrogens with zero attached hydrogens (tertiary/aromatic N) is 2. The van der Waals surface area contributed by atoms with Gasteiger partial charge in [0.1, 0.15) is 30.9 Å². The lowest BCUT2D eigenvalue weighted by Gasteiger charge is -2.41. The fourth-order valence-corrected chi connectivity index (χ4v) is 11.3. The predicted octanol–water partition coefficient (Wildman–Crippen LogP) is 8.89. The Morgan fingerprint density at radius 3 is 2.05 bits per heavy atom. The molecule has 2 bridgehead atoms. The lowest BCUT2D eigenvalue weighted by Crippen LogP contribution is -2.52. The number of aromatic nitrogens is 2. The summed E-state index contributed by atoms with van der Waals surface area (Å²) in [6.45, 7) is 1.52. The minimum Gasteiger partial charge on any atom is -0.462 e. The van der Waals surface area contributed by atoms with Crippen molar-refractivity contribution in [1.29, 1.82) is 0 Å². The van der Waals surface area contributed by atoms with Crippen LogP contribution < -0.4 is 11.4 Å². The Balaban J connectivity index is 1.70. The average molecular weight is 1150 g/mol. The molecule has 2 aliphatic heterocycles. The van der Waals surface area contributed by atoms with Crippen LogP contribution in [0.25, 0.3) is 0 Å². The van der Waals surface area contributed by atoms with Crippen molar-refractivity contribution < 1.29 is 81.6 Å². The zero-order valence-corrected chi connectivity index (χ0v) is 47.8. The number of hydrogen-bond acceptors (Lipinski definition) is 18. The molecular formula is C55H93N3O18P2. The maximum absolute atomic E-state index is 13.4. The standard InChI is InChI=1S/C55H93N3O18P2/c1-3-5-7-8-9-10-11-12-13-14-15-16-17-18-19-20-21-22-23-29-33-51(63)74-43-39-71-50(62)32-28-25-24-27-31-45-47(61)38-46(60)44(35-34-42(59)30-26-6-4-2)52(64)53(65)48(41-73-78(69,70)76-77(67,68)72-40-43)75-54(45)58-37-36-49(56)57-55(58)66/h10-11,13-14,16-17,34-37,42-48,52-54,59-61,64-65H,3-9,12,15,18-33,38-41H2,1-2H3,(H,67,68)(H,69,70)(H2,56,57,66)/b11-10-,14-13-,17-16-,35-34+/t42-,43+,44-,45-,46+,47-,48+,52-,53+,54+/m0/s1. The van der Waals surface area contributed by atoms with Gasteiger partial charge in [-0.1, -0.05) is 146 Å². The number of rotatable bonds is 26. The summed E-state index contributed by atoms with van der Waals surface area (Å²) in [5, 5.41) is 57.6. The van der Waals surface area contributed by atoms with Crippen molar-refractivity contribution in [3.05, 3.63) is 71.4 Å². The highest BCUT2D eigenvalue weighted by Crippen LogP contribution is 2.60.